The van der Waals surface area contributed by atoms with Gasteiger partial charge in [0.1, 0.15) is 0 Å². The predicted molar refractivity (Wildman–Crippen MR) is 95.6 cm³/mol. The summed E-state index contributed by atoms with van der Waals surface area (Å²) < 4.78 is 5.31. The summed E-state index contributed by atoms with van der Waals surface area (Å²) in [7, 11) is 0. The van der Waals surface area contributed by atoms with Gasteiger partial charge < -0.3 is 4.74 Å². The standard InChI is InChI=1S/C20H38O/c1-4-6-7-8-9-10-11-12-13-14-15-16-17-18-19-20(3)21-5-2/h5,12-13,20H,2,4,6-11,14-19H2,1,3H3/b13-12-. The van der Waals surface area contributed by atoms with E-state index >= 15 is 0 Å². The van der Waals surface area contributed by atoms with Gasteiger partial charge in [-0.15, -0.1) is 0 Å². The third-order valence-electron chi connectivity index (χ3n) is 3.95. The fourth-order valence-electron chi connectivity index (χ4n) is 2.56. The fraction of sp³-hybridized carbons (Fsp3) is 0.800. The van der Waals surface area contributed by atoms with E-state index in [9.17, 15) is 0 Å². The van der Waals surface area contributed by atoms with E-state index in [0.717, 1.165) is 6.42 Å². The molecule has 0 N–H and O–H groups in total. The Hall–Kier alpha value is -0.720. The van der Waals surface area contributed by atoms with Gasteiger partial charge in [0.25, 0.3) is 0 Å². The zero-order chi connectivity index (χ0) is 15.6. The van der Waals surface area contributed by atoms with E-state index in [4.69, 9.17) is 4.74 Å². The third-order valence-corrected chi connectivity index (χ3v) is 3.95. The van der Waals surface area contributed by atoms with Crippen molar-refractivity contribution in [3.05, 3.63) is 25.0 Å². The van der Waals surface area contributed by atoms with Crippen molar-refractivity contribution in [3.8, 4) is 0 Å². The minimum atomic E-state index is 0.333. The fourth-order valence-corrected chi connectivity index (χ4v) is 2.56. The highest BCUT2D eigenvalue weighted by atomic mass is 16.5. The molecule has 0 aromatic rings. The van der Waals surface area contributed by atoms with Crippen LogP contribution < -0.4 is 0 Å². The number of rotatable bonds is 16. The number of ether oxygens (including phenoxy) is 1. The van der Waals surface area contributed by atoms with E-state index in [1.165, 1.54) is 77.0 Å². The molecule has 0 spiro atoms. The molecule has 0 bridgehead atoms. The molecule has 0 amide bonds. The molecule has 1 heteroatoms. The van der Waals surface area contributed by atoms with Crippen LogP contribution in [0.25, 0.3) is 0 Å². The van der Waals surface area contributed by atoms with Gasteiger partial charge in [0.2, 0.25) is 0 Å². The van der Waals surface area contributed by atoms with Crippen molar-refractivity contribution in [2.24, 2.45) is 0 Å². The molecule has 0 radical (unpaired) electrons. The average Bonchev–Trinajstić information content (AvgIpc) is 2.48. The van der Waals surface area contributed by atoms with Crippen LogP contribution in [0.4, 0.5) is 0 Å². The molecule has 0 aromatic heterocycles. The first-order valence-electron chi connectivity index (χ1n) is 9.22. The van der Waals surface area contributed by atoms with Crippen molar-refractivity contribution in [1.29, 1.82) is 0 Å². The summed E-state index contributed by atoms with van der Waals surface area (Å²) in [5.74, 6) is 0. The Balaban J connectivity index is 3.13. The van der Waals surface area contributed by atoms with Gasteiger partial charge in [-0.1, -0.05) is 70.6 Å². The Kier molecular flexibility index (Phi) is 16.7. The summed E-state index contributed by atoms with van der Waals surface area (Å²) in [5, 5.41) is 0. The highest BCUT2D eigenvalue weighted by Gasteiger charge is 1.99. The lowest BCUT2D eigenvalue weighted by Gasteiger charge is -2.09. The molecule has 0 saturated carbocycles. The maximum absolute atomic E-state index is 5.31. The lowest BCUT2D eigenvalue weighted by Crippen LogP contribution is -2.02. The normalized spacial score (nSPS) is 12.7. The highest BCUT2D eigenvalue weighted by Crippen LogP contribution is 2.10. The van der Waals surface area contributed by atoms with Gasteiger partial charge in [0.15, 0.2) is 0 Å². The SMILES string of the molecule is C=COC(C)CCCCCC/C=C\CCCCCCCC. The topological polar surface area (TPSA) is 9.23 Å². The van der Waals surface area contributed by atoms with E-state index < -0.39 is 0 Å². The van der Waals surface area contributed by atoms with Crippen molar-refractivity contribution in [2.75, 3.05) is 0 Å². The first-order chi connectivity index (χ1) is 10.3. The zero-order valence-corrected chi connectivity index (χ0v) is 14.6. The Bertz CT molecular complexity index is 232. The van der Waals surface area contributed by atoms with Gasteiger partial charge in [-0.3, -0.25) is 0 Å². The summed E-state index contributed by atoms with van der Waals surface area (Å²) in [6.07, 6.45) is 24.0. The van der Waals surface area contributed by atoms with Gasteiger partial charge >= 0.3 is 0 Å². The maximum atomic E-state index is 5.31. The molecule has 0 aliphatic rings. The molecule has 124 valence electrons. The summed E-state index contributed by atoms with van der Waals surface area (Å²) in [6, 6.07) is 0. The van der Waals surface area contributed by atoms with E-state index in [1.54, 1.807) is 6.26 Å². The van der Waals surface area contributed by atoms with Crippen LogP contribution in [-0.2, 0) is 4.74 Å². The van der Waals surface area contributed by atoms with Gasteiger partial charge in [-0.2, -0.15) is 0 Å². The molecule has 21 heavy (non-hydrogen) atoms. The quantitative estimate of drug-likeness (QED) is 0.166. The van der Waals surface area contributed by atoms with Crippen LogP contribution in [0, 0.1) is 0 Å². The molecule has 1 unspecified atom stereocenters. The Morgan fingerprint density at radius 2 is 1.33 bits per heavy atom. The van der Waals surface area contributed by atoms with Gasteiger partial charge in [0.05, 0.1) is 12.4 Å². The van der Waals surface area contributed by atoms with Crippen molar-refractivity contribution in [2.45, 2.75) is 103 Å². The van der Waals surface area contributed by atoms with E-state index in [1.807, 2.05) is 0 Å². The molecule has 0 aliphatic carbocycles. The first kappa shape index (κ1) is 20.3. The highest BCUT2D eigenvalue weighted by molar-refractivity contribution is 4.81. The average molecular weight is 295 g/mol. The number of allylic oxidation sites excluding steroid dienone is 2. The molecular formula is C20H38O. The molecule has 1 atom stereocenters. The minimum absolute atomic E-state index is 0.333. The van der Waals surface area contributed by atoms with Gasteiger partial charge in [-0.25, -0.2) is 0 Å². The van der Waals surface area contributed by atoms with E-state index in [-0.39, 0.29) is 0 Å². The second-order valence-electron chi connectivity index (χ2n) is 6.13. The van der Waals surface area contributed by atoms with Crippen LogP contribution in [0.15, 0.2) is 25.0 Å². The summed E-state index contributed by atoms with van der Waals surface area (Å²) in [6.45, 7) is 7.98. The van der Waals surface area contributed by atoms with Crippen molar-refractivity contribution >= 4 is 0 Å². The smallest absolute Gasteiger partial charge is 0.0950 e. The van der Waals surface area contributed by atoms with Crippen LogP contribution >= 0.6 is 0 Å². The third kappa shape index (κ3) is 17.2. The molecule has 0 heterocycles. The molecule has 0 rings (SSSR count). The molecule has 0 saturated heterocycles. The van der Waals surface area contributed by atoms with Crippen LogP contribution in [0.1, 0.15) is 97.3 Å². The second-order valence-corrected chi connectivity index (χ2v) is 6.13. The van der Waals surface area contributed by atoms with E-state index in [0.29, 0.717) is 6.10 Å². The summed E-state index contributed by atoms with van der Waals surface area (Å²) in [5.41, 5.74) is 0. The molecular weight excluding hydrogens is 256 g/mol. The van der Waals surface area contributed by atoms with Crippen LogP contribution in [0.2, 0.25) is 0 Å². The second kappa shape index (κ2) is 17.3. The Morgan fingerprint density at radius 1 is 0.810 bits per heavy atom. The number of hydrogen-bond acceptors (Lipinski definition) is 1. The summed E-state index contributed by atoms with van der Waals surface area (Å²) >= 11 is 0. The summed E-state index contributed by atoms with van der Waals surface area (Å²) in [4.78, 5) is 0. The van der Waals surface area contributed by atoms with E-state index in [2.05, 4.69) is 32.6 Å². The van der Waals surface area contributed by atoms with Gasteiger partial charge in [-0.05, 0) is 45.4 Å². The van der Waals surface area contributed by atoms with Crippen molar-refractivity contribution in [1.82, 2.24) is 0 Å². The molecule has 0 aliphatic heterocycles. The zero-order valence-electron chi connectivity index (χ0n) is 14.6. The number of hydrogen-bond donors (Lipinski definition) is 0. The van der Waals surface area contributed by atoms with Crippen LogP contribution in [0.5, 0.6) is 0 Å². The van der Waals surface area contributed by atoms with Crippen LogP contribution in [-0.4, -0.2) is 6.10 Å². The first-order valence-corrected chi connectivity index (χ1v) is 9.22. The Morgan fingerprint density at radius 3 is 1.90 bits per heavy atom. The predicted octanol–water partition coefficient (Wildman–Crippen LogP) is 7.18. The van der Waals surface area contributed by atoms with Crippen LogP contribution in [0.3, 0.4) is 0 Å². The number of unbranched alkanes of at least 4 members (excludes halogenated alkanes) is 10. The van der Waals surface area contributed by atoms with Gasteiger partial charge in [0, 0.05) is 0 Å². The molecule has 0 fully saturated rings. The largest absolute Gasteiger partial charge is 0.499 e. The molecule has 1 nitrogen and oxygen atoms in total. The molecule has 0 aromatic carbocycles. The lowest BCUT2D eigenvalue weighted by molar-refractivity contribution is 0.150. The maximum Gasteiger partial charge on any atom is 0.0950 e. The monoisotopic (exact) mass is 294 g/mol. The lowest BCUT2D eigenvalue weighted by atomic mass is 10.1. The van der Waals surface area contributed by atoms with Crippen molar-refractivity contribution < 1.29 is 4.74 Å². The minimum Gasteiger partial charge on any atom is -0.499 e. The van der Waals surface area contributed by atoms with Crippen molar-refractivity contribution in [3.63, 3.8) is 0 Å². The Labute approximate surface area is 133 Å².